The van der Waals surface area contributed by atoms with E-state index in [0.29, 0.717) is 23.9 Å². The number of carbonyl (C=O) groups excluding carboxylic acids is 2. The number of ether oxygens (including phenoxy) is 1. The van der Waals surface area contributed by atoms with E-state index >= 15 is 0 Å². The minimum atomic E-state index is -0.403. The van der Waals surface area contributed by atoms with Crippen molar-refractivity contribution in [2.75, 3.05) is 12.4 Å². The van der Waals surface area contributed by atoms with Crippen molar-refractivity contribution in [3.63, 3.8) is 0 Å². The summed E-state index contributed by atoms with van der Waals surface area (Å²) in [5, 5.41) is 0.664. The van der Waals surface area contributed by atoms with Gasteiger partial charge in [0.15, 0.2) is 0 Å². The predicted molar refractivity (Wildman–Crippen MR) is 83.6 cm³/mol. The highest BCUT2D eigenvalue weighted by Gasteiger charge is 2.27. The molecule has 1 fully saturated rings. The van der Waals surface area contributed by atoms with Gasteiger partial charge in [-0.3, -0.25) is 4.79 Å². The molecule has 1 saturated heterocycles. The van der Waals surface area contributed by atoms with Crippen molar-refractivity contribution in [1.82, 2.24) is 4.90 Å². The highest BCUT2D eigenvalue weighted by Crippen LogP contribution is 2.30. The molecule has 0 radical (unpaired) electrons. The van der Waals surface area contributed by atoms with Gasteiger partial charge in [0, 0.05) is 0 Å². The maximum atomic E-state index is 12.0. The Morgan fingerprint density at radius 2 is 2.00 bits per heavy atom. The van der Waals surface area contributed by atoms with Gasteiger partial charge in [-0.25, -0.2) is 4.79 Å². The maximum Gasteiger partial charge on any atom is 0.333 e. The second-order valence-corrected chi connectivity index (χ2v) is 5.99. The zero-order valence-electron chi connectivity index (χ0n) is 12.5. The van der Waals surface area contributed by atoms with Crippen LogP contribution in [0.3, 0.4) is 0 Å². The summed E-state index contributed by atoms with van der Waals surface area (Å²) in [6.45, 7) is 6.65. The van der Waals surface area contributed by atoms with Gasteiger partial charge in [-0.1, -0.05) is 41.1 Å². The summed E-state index contributed by atoms with van der Waals surface area (Å²) in [4.78, 5) is 25.2. The molecule has 0 spiro atoms. The highest BCUT2D eigenvalue weighted by molar-refractivity contribution is 8.04. The molecule has 0 aromatic heterocycles. The fraction of sp³-hybridized carbons (Fsp3) is 0.375. The lowest BCUT2D eigenvalue weighted by molar-refractivity contribution is -0.137. The molecule has 1 heterocycles. The normalized spacial score (nSPS) is 16.6. The van der Waals surface area contributed by atoms with E-state index in [2.05, 4.69) is 18.2 Å². The number of benzene rings is 1. The Bertz CT molecular complexity index is 575. The fourth-order valence-electron chi connectivity index (χ4n) is 2.33. The number of carbonyl (C=O) groups is 2. The molecular formula is C16H19NO3S. The number of thioether (sulfide) groups is 1. The molecular weight excluding hydrogens is 286 g/mol. The molecule has 0 aliphatic carbocycles. The third-order valence-corrected chi connectivity index (χ3v) is 4.09. The first-order valence-corrected chi connectivity index (χ1v) is 7.87. The average Bonchev–Trinajstić information content (AvgIpc) is 2.70. The first-order valence-electron chi connectivity index (χ1n) is 6.88. The van der Waals surface area contributed by atoms with Crippen LogP contribution >= 0.6 is 11.8 Å². The number of hydrogen-bond acceptors (Lipinski definition) is 4. The summed E-state index contributed by atoms with van der Waals surface area (Å²) in [6, 6.07) is 6.22. The third-order valence-electron chi connectivity index (χ3n) is 3.06. The number of amides is 1. The smallest absolute Gasteiger partial charge is 0.333 e. The van der Waals surface area contributed by atoms with E-state index < -0.39 is 5.97 Å². The molecule has 4 nitrogen and oxygen atoms in total. The van der Waals surface area contributed by atoms with Gasteiger partial charge in [-0.2, -0.15) is 0 Å². The summed E-state index contributed by atoms with van der Waals surface area (Å²) >= 11 is 1.38. The summed E-state index contributed by atoms with van der Waals surface area (Å²) in [5.74, 6) is -0.00872. The third kappa shape index (κ3) is 4.11. The van der Waals surface area contributed by atoms with Crippen LogP contribution in [0.15, 0.2) is 29.3 Å². The first-order chi connectivity index (χ1) is 9.99. The van der Waals surface area contributed by atoms with Crippen LogP contribution in [0, 0.1) is 13.8 Å². The fourth-order valence-corrected chi connectivity index (χ4v) is 3.26. The number of esters is 1. The van der Waals surface area contributed by atoms with Crippen molar-refractivity contribution in [3.05, 3.63) is 46.0 Å². The van der Waals surface area contributed by atoms with Crippen molar-refractivity contribution in [2.45, 2.75) is 27.3 Å². The molecule has 1 aliphatic rings. The molecule has 0 unspecified atom stereocenters. The zero-order valence-corrected chi connectivity index (χ0v) is 13.3. The molecule has 0 saturated carbocycles. The van der Waals surface area contributed by atoms with Crippen LogP contribution < -0.4 is 0 Å². The van der Waals surface area contributed by atoms with Crippen LogP contribution in [-0.4, -0.2) is 29.1 Å². The lowest BCUT2D eigenvalue weighted by Crippen LogP contribution is -2.24. The number of aryl methyl sites for hydroxylation is 2. The molecule has 112 valence electrons. The topological polar surface area (TPSA) is 46.6 Å². The summed E-state index contributed by atoms with van der Waals surface area (Å²) in [5.41, 5.74) is 3.40. The summed E-state index contributed by atoms with van der Waals surface area (Å²) < 4.78 is 4.91. The monoisotopic (exact) mass is 305 g/mol. The van der Waals surface area contributed by atoms with Crippen LogP contribution in [0.4, 0.5) is 0 Å². The predicted octanol–water partition coefficient (Wildman–Crippen LogP) is 2.78. The van der Waals surface area contributed by atoms with E-state index in [-0.39, 0.29) is 5.91 Å². The van der Waals surface area contributed by atoms with Gasteiger partial charge in [-0.15, -0.1) is 0 Å². The van der Waals surface area contributed by atoms with Gasteiger partial charge in [-0.05, 0) is 26.3 Å². The van der Waals surface area contributed by atoms with Gasteiger partial charge in [0.2, 0.25) is 5.91 Å². The Balaban J connectivity index is 2.19. The molecule has 0 atom stereocenters. The van der Waals surface area contributed by atoms with Crippen LogP contribution in [0.25, 0.3) is 0 Å². The van der Waals surface area contributed by atoms with Crippen LogP contribution in [-0.2, 0) is 20.9 Å². The highest BCUT2D eigenvalue weighted by atomic mass is 32.2. The second-order valence-electron chi connectivity index (χ2n) is 5.00. The maximum absolute atomic E-state index is 12.0. The van der Waals surface area contributed by atoms with E-state index in [0.717, 1.165) is 5.56 Å². The van der Waals surface area contributed by atoms with Crippen molar-refractivity contribution >= 4 is 23.6 Å². The van der Waals surface area contributed by atoms with E-state index in [9.17, 15) is 9.59 Å². The quantitative estimate of drug-likeness (QED) is 0.634. The molecule has 2 rings (SSSR count). The molecule has 1 amide bonds. The molecule has 1 aromatic carbocycles. The number of nitrogens with zero attached hydrogens (tertiary/aromatic N) is 1. The Morgan fingerprint density at radius 3 is 2.62 bits per heavy atom. The van der Waals surface area contributed by atoms with Crippen molar-refractivity contribution in [2.24, 2.45) is 0 Å². The molecule has 0 N–H and O–H groups in total. The van der Waals surface area contributed by atoms with Crippen molar-refractivity contribution in [1.29, 1.82) is 0 Å². The minimum Gasteiger partial charge on any atom is -0.463 e. The van der Waals surface area contributed by atoms with E-state index in [4.69, 9.17) is 4.74 Å². The number of hydrogen-bond donors (Lipinski definition) is 0. The van der Waals surface area contributed by atoms with Gasteiger partial charge < -0.3 is 9.64 Å². The molecule has 1 aromatic rings. The van der Waals surface area contributed by atoms with Gasteiger partial charge in [0.25, 0.3) is 0 Å². The molecule has 21 heavy (non-hydrogen) atoms. The van der Waals surface area contributed by atoms with Gasteiger partial charge in [0.05, 0.1) is 30.0 Å². The molecule has 0 bridgehead atoms. The molecule has 1 aliphatic heterocycles. The van der Waals surface area contributed by atoms with E-state index in [1.165, 1.54) is 29.0 Å². The van der Waals surface area contributed by atoms with Crippen LogP contribution in [0.5, 0.6) is 0 Å². The summed E-state index contributed by atoms with van der Waals surface area (Å²) in [6.07, 6.45) is 1.40. The first kappa shape index (κ1) is 15.6. The number of rotatable bonds is 4. The Kier molecular flexibility index (Phi) is 5.07. The van der Waals surface area contributed by atoms with Gasteiger partial charge in [0.1, 0.15) is 0 Å². The van der Waals surface area contributed by atoms with Crippen molar-refractivity contribution < 1.29 is 14.3 Å². The summed E-state index contributed by atoms with van der Waals surface area (Å²) in [7, 11) is 0. The average molecular weight is 305 g/mol. The zero-order chi connectivity index (χ0) is 15.4. The van der Waals surface area contributed by atoms with E-state index in [1.807, 2.05) is 13.8 Å². The van der Waals surface area contributed by atoms with Crippen molar-refractivity contribution in [3.8, 4) is 0 Å². The minimum absolute atomic E-state index is 0.0229. The Morgan fingerprint density at radius 1 is 1.33 bits per heavy atom. The lowest BCUT2D eigenvalue weighted by atomic mass is 10.1. The lowest BCUT2D eigenvalue weighted by Gasteiger charge is -2.17. The van der Waals surface area contributed by atoms with Crippen LogP contribution in [0.1, 0.15) is 23.6 Å². The van der Waals surface area contributed by atoms with Crippen LogP contribution in [0.2, 0.25) is 0 Å². The Labute approximate surface area is 129 Å². The second kappa shape index (κ2) is 6.80. The largest absolute Gasteiger partial charge is 0.463 e. The SMILES string of the molecule is CCOC(=O)/C=C1\SCC(=O)N1Cc1cc(C)cc(C)c1. The van der Waals surface area contributed by atoms with Gasteiger partial charge >= 0.3 is 5.97 Å². The Hall–Kier alpha value is -1.75. The molecule has 5 heteroatoms. The van der Waals surface area contributed by atoms with E-state index in [1.54, 1.807) is 11.8 Å². The standard InChI is InChI=1S/C16H19NO3S/c1-4-20-16(19)8-15-17(14(18)10-21-15)9-13-6-11(2)5-12(3)7-13/h5-8H,4,9-10H2,1-3H3/b15-8-.